The van der Waals surface area contributed by atoms with Crippen LogP contribution in [0.1, 0.15) is 18.4 Å². The van der Waals surface area contributed by atoms with Crippen molar-refractivity contribution < 1.29 is 9.53 Å². The van der Waals surface area contributed by atoms with Crippen LogP contribution in [-0.2, 0) is 16.1 Å². The zero-order chi connectivity index (χ0) is 13.5. The summed E-state index contributed by atoms with van der Waals surface area (Å²) in [6.07, 6.45) is 5.62. The van der Waals surface area contributed by atoms with Crippen molar-refractivity contribution in [2.45, 2.75) is 25.4 Å². The first-order valence-corrected chi connectivity index (χ1v) is 6.68. The molecule has 2 heterocycles. The van der Waals surface area contributed by atoms with Crippen molar-refractivity contribution >= 4 is 5.91 Å². The van der Waals surface area contributed by atoms with Gasteiger partial charge in [-0.05, 0) is 30.5 Å². The zero-order valence-corrected chi connectivity index (χ0v) is 11.3. The fourth-order valence-electron chi connectivity index (χ4n) is 2.31. The molecule has 5 nitrogen and oxygen atoms in total. The summed E-state index contributed by atoms with van der Waals surface area (Å²) in [5.41, 5.74) is 1.24. The Bertz CT molecular complexity index is 389. The first kappa shape index (κ1) is 14.0. The second kappa shape index (κ2) is 7.21. The Kier molecular flexibility index (Phi) is 5.30. The predicted molar refractivity (Wildman–Crippen MR) is 72.6 cm³/mol. The second-order valence-corrected chi connectivity index (χ2v) is 4.82. The van der Waals surface area contributed by atoms with Gasteiger partial charge in [-0.2, -0.15) is 0 Å². The summed E-state index contributed by atoms with van der Waals surface area (Å²) in [7, 11) is 1.56. The van der Waals surface area contributed by atoms with E-state index in [4.69, 9.17) is 4.74 Å². The van der Waals surface area contributed by atoms with E-state index in [9.17, 15) is 4.79 Å². The average molecular weight is 263 g/mol. The van der Waals surface area contributed by atoms with Gasteiger partial charge < -0.3 is 15.0 Å². The van der Waals surface area contributed by atoms with Gasteiger partial charge in [0.2, 0.25) is 5.91 Å². The van der Waals surface area contributed by atoms with Crippen molar-refractivity contribution in [2.75, 3.05) is 26.8 Å². The summed E-state index contributed by atoms with van der Waals surface area (Å²) in [4.78, 5) is 17.5. The summed E-state index contributed by atoms with van der Waals surface area (Å²) in [5.74, 6) is 0.0927. The van der Waals surface area contributed by atoms with Gasteiger partial charge in [-0.15, -0.1) is 0 Å². The normalized spacial score (nSPS) is 16.6. The number of piperidine rings is 1. The molecule has 1 aliphatic heterocycles. The lowest BCUT2D eigenvalue weighted by Gasteiger charge is -2.32. The van der Waals surface area contributed by atoms with E-state index in [1.54, 1.807) is 7.11 Å². The van der Waals surface area contributed by atoms with E-state index in [0.29, 0.717) is 6.04 Å². The van der Waals surface area contributed by atoms with Crippen molar-refractivity contribution in [3.63, 3.8) is 0 Å². The van der Waals surface area contributed by atoms with Gasteiger partial charge in [0.15, 0.2) is 0 Å². The van der Waals surface area contributed by atoms with Gasteiger partial charge in [-0.25, -0.2) is 0 Å². The lowest BCUT2D eigenvalue weighted by Crippen LogP contribution is -2.45. The maximum Gasteiger partial charge on any atom is 0.248 e. The van der Waals surface area contributed by atoms with Crippen LogP contribution in [0.4, 0.5) is 0 Å². The smallest absolute Gasteiger partial charge is 0.248 e. The van der Waals surface area contributed by atoms with Crippen LogP contribution in [0.15, 0.2) is 24.5 Å². The van der Waals surface area contributed by atoms with Crippen LogP contribution in [-0.4, -0.2) is 48.6 Å². The SMILES string of the molecule is COCC(=O)N1CCC(NCc2ccncc2)CC1. The average Bonchev–Trinajstić information content (AvgIpc) is 2.47. The van der Waals surface area contributed by atoms with Gasteiger partial charge in [0.25, 0.3) is 0 Å². The molecule has 1 aliphatic rings. The van der Waals surface area contributed by atoms with Crippen molar-refractivity contribution in [1.29, 1.82) is 0 Å². The molecule has 0 aliphatic carbocycles. The quantitative estimate of drug-likeness (QED) is 0.854. The third kappa shape index (κ3) is 4.29. The highest BCUT2D eigenvalue weighted by Crippen LogP contribution is 2.11. The fraction of sp³-hybridized carbons (Fsp3) is 0.571. The molecule has 0 atom stereocenters. The molecule has 0 radical (unpaired) electrons. The summed E-state index contributed by atoms with van der Waals surface area (Å²) in [6.45, 7) is 2.68. The predicted octanol–water partition coefficient (Wildman–Crippen LogP) is 0.809. The highest BCUT2D eigenvalue weighted by molar-refractivity contribution is 5.77. The number of carbonyl (C=O) groups is 1. The van der Waals surface area contributed by atoms with Crippen LogP contribution in [0.3, 0.4) is 0 Å². The van der Waals surface area contributed by atoms with Crippen molar-refractivity contribution in [1.82, 2.24) is 15.2 Å². The molecular weight excluding hydrogens is 242 g/mol. The van der Waals surface area contributed by atoms with E-state index in [1.807, 2.05) is 29.4 Å². The molecule has 5 heteroatoms. The number of ether oxygens (including phenoxy) is 1. The van der Waals surface area contributed by atoms with Crippen LogP contribution >= 0.6 is 0 Å². The number of aromatic nitrogens is 1. The van der Waals surface area contributed by atoms with E-state index < -0.39 is 0 Å². The Balaban J connectivity index is 1.70. The molecule has 1 saturated heterocycles. The molecule has 0 unspecified atom stereocenters. The van der Waals surface area contributed by atoms with E-state index in [1.165, 1.54) is 5.56 Å². The molecule has 0 bridgehead atoms. The van der Waals surface area contributed by atoms with Crippen molar-refractivity contribution in [3.05, 3.63) is 30.1 Å². The van der Waals surface area contributed by atoms with Gasteiger partial charge in [0.05, 0.1) is 0 Å². The minimum absolute atomic E-state index is 0.0927. The third-order valence-electron chi connectivity index (χ3n) is 3.46. The first-order valence-electron chi connectivity index (χ1n) is 6.68. The third-order valence-corrected chi connectivity index (χ3v) is 3.46. The number of methoxy groups -OCH3 is 1. The molecule has 1 aromatic heterocycles. The molecule has 1 fully saturated rings. The number of nitrogens with zero attached hydrogens (tertiary/aromatic N) is 2. The molecule has 1 aromatic rings. The van der Waals surface area contributed by atoms with E-state index in [0.717, 1.165) is 32.5 Å². The number of hydrogen-bond donors (Lipinski definition) is 1. The number of rotatable bonds is 5. The molecule has 0 saturated carbocycles. The molecule has 19 heavy (non-hydrogen) atoms. The zero-order valence-electron chi connectivity index (χ0n) is 11.3. The molecule has 1 amide bonds. The number of carbonyl (C=O) groups excluding carboxylic acids is 1. The molecule has 104 valence electrons. The Hall–Kier alpha value is -1.46. The van der Waals surface area contributed by atoms with E-state index >= 15 is 0 Å². The summed E-state index contributed by atoms with van der Waals surface area (Å²) >= 11 is 0. The maximum atomic E-state index is 11.7. The number of pyridine rings is 1. The summed E-state index contributed by atoms with van der Waals surface area (Å²) in [5, 5.41) is 3.53. The fourth-order valence-corrected chi connectivity index (χ4v) is 2.31. The minimum atomic E-state index is 0.0927. The molecule has 0 aromatic carbocycles. The van der Waals surface area contributed by atoms with Gasteiger partial charge in [-0.1, -0.05) is 0 Å². The second-order valence-electron chi connectivity index (χ2n) is 4.82. The topological polar surface area (TPSA) is 54.5 Å². The summed E-state index contributed by atoms with van der Waals surface area (Å²) in [6, 6.07) is 4.52. The van der Waals surface area contributed by atoms with Gasteiger partial charge in [0.1, 0.15) is 6.61 Å². The van der Waals surface area contributed by atoms with Crippen LogP contribution < -0.4 is 5.32 Å². The Morgan fingerprint density at radius 3 is 2.74 bits per heavy atom. The van der Waals surface area contributed by atoms with Gasteiger partial charge >= 0.3 is 0 Å². The number of amides is 1. The molecule has 2 rings (SSSR count). The molecule has 1 N–H and O–H groups in total. The van der Waals surface area contributed by atoms with Crippen molar-refractivity contribution in [3.8, 4) is 0 Å². The Labute approximate surface area is 114 Å². The largest absolute Gasteiger partial charge is 0.375 e. The monoisotopic (exact) mass is 263 g/mol. The van der Waals surface area contributed by atoms with Gasteiger partial charge in [-0.3, -0.25) is 9.78 Å². The first-order chi connectivity index (χ1) is 9.29. The van der Waals surface area contributed by atoms with Gasteiger partial charge in [0, 0.05) is 45.2 Å². The Morgan fingerprint density at radius 2 is 2.11 bits per heavy atom. The molecule has 0 spiro atoms. The maximum absolute atomic E-state index is 11.7. The highest BCUT2D eigenvalue weighted by atomic mass is 16.5. The number of likely N-dealkylation sites (tertiary alicyclic amines) is 1. The standard InChI is InChI=1S/C14H21N3O2/c1-19-11-14(18)17-8-4-13(5-9-17)16-10-12-2-6-15-7-3-12/h2-3,6-7,13,16H,4-5,8-11H2,1H3. The van der Waals surface area contributed by atoms with Crippen LogP contribution in [0, 0.1) is 0 Å². The van der Waals surface area contributed by atoms with Crippen LogP contribution in [0.5, 0.6) is 0 Å². The lowest BCUT2D eigenvalue weighted by molar-refractivity contribution is -0.136. The minimum Gasteiger partial charge on any atom is -0.375 e. The van der Waals surface area contributed by atoms with Crippen molar-refractivity contribution in [2.24, 2.45) is 0 Å². The number of nitrogens with one attached hydrogen (secondary N) is 1. The van der Waals surface area contributed by atoms with E-state index in [2.05, 4.69) is 10.3 Å². The highest BCUT2D eigenvalue weighted by Gasteiger charge is 2.21. The Morgan fingerprint density at radius 1 is 1.42 bits per heavy atom. The summed E-state index contributed by atoms with van der Waals surface area (Å²) < 4.78 is 4.88. The number of hydrogen-bond acceptors (Lipinski definition) is 4. The van der Waals surface area contributed by atoms with Crippen LogP contribution in [0.2, 0.25) is 0 Å². The van der Waals surface area contributed by atoms with E-state index in [-0.39, 0.29) is 12.5 Å². The lowest BCUT2D eigenvalue weighted by atomic mass is 10.0. The van der Waals surface area contributed by atoms with Crippen LogP contribution in [0.25, 0.3) is 0 Å². The molecular formula is C14H21N3O2.